The standard InChI is InChI=1S/C14H13ClN4O4S.ClH/c1-24(21,22)11-6-8(13(20)19-14(16)17)9(15)7-10(11)23-12-4-2-3-5-18-12;/h2-7H,1H3,(H4,16,17,19,20);1H. The summed E-state index contributed by atoms with van der Waals surface area (Å²) < 4.78 is 29.5. The van der Waals surface area contributed by atoms with Crippen LogP contribution in [-0.4, -0.2) is 31.5 Å². The van der Waals surface area contributed by atoms with E-state index in [0.717, 1.165) is 12.3 Å². The molecule has 0 spiro atoms. The molecular formula is C14H14Cl2N4O4S. The van der Waals surface area contributed by atoms with Crippen LogP contribution < -0.4 is 16.2 Å². The molecule has 1 amide bonds. The van der Waals surface area contributed by atoms with Crippen LogP contribution in [0.2, 0.25) is 5.02 Å². The van der Waals surface area contributed by atoms with Gasteiger partial charge in [-0.15, -0.1) is 12.4 Å². The molecule has 25 heavy (non-hydrogen) atoms. The van der Waals surface area contributed by atoms with Gasteiger partial charge in [0, 0.05) is 24.6 Å². The highest BCUT2D eigenvalue weighted by Crippen LogP contribution is 2.33. The summed E-state index contributed by atoms with van der Waals surface area (Å²) in [7, 11) is -3.73. The maximum Gasteiger partial charge on any atom is 0.281 e. The average molecular weight is 405 g/mol. The van der Waals surface area contributed by atoms with E-state index in [-0.39, 0.29) is 39.5 Å². The zero-order valence-electron chi connectivity index (χ0n) is 12.8. The molecule has 4 N–H and O–H groups in total. The second kappa shape index (κ2) is 8.15. The molecule has 2 rings (SSSR count). The van der Waals surface area contributed by atoms with Crippen molar-refractivity contribution in [1.29, 1.82) is 0 Å². The van der Waals surface area contributed by atoms with Crippen molar-refractivity contribution in [3.8, 4) is 11.6 Å². The summed E-state index contributed by atoms with van der Waals surface area (Å²) in [6, 6.07) is 7.14. The van der Waals surface area contributed by atoms with Crippen molar-refractivity contribution in [2.75, 3.05) is 6.26 Å². The molecule has 134 valence electrons. The average Bonchev–Trinajstić information content (AvgIpc) is 2.46. The van der Waals surface area contributed by atoms with Crippen molar-refractivity contribution >= 4 is 45.7 Å². The van der Waals surface area contributed by atoms with Gasteiger partial charge >= 0.3 is 0 Å². The second-order valence-electron chi connectivity index (χ2n) is 4.66. The minimum absolute atomic E-state index is 0. The number of ether oxygens (including phenoxy) is 1. The van der Waals surface area contributed by atoms with Crippen molar-refractivity contribution in [2.45, 2.75) is 4.90 Å². The van der Waals surface area contributed by atoms with Gasteiger partial charge in [0.05, 0.1) is 10.6 Å². The molecule has 0 aliphatic heterocycles. The number of benzene rings is 1. The fourth-order valence-corrected chi connectivity index (χ4v) is 2.80. The minimum Gasteiger partial charge on any atom is -0.438 e. The predicted octanol–water partition coefficient (Wildman–Crippen LogP) is 1.77. The van der Waals surface area contributed by atoms with E-state index in [1.807, 2.05) is 0 Å². The van der Waals surface area contributed by atoms with Crippen LogP contribution in [0.3, 0.4) is 0 Å². The lowest BCUT2D eigenvalue weighted by Crippen LogP contribution is -2.24. The van der Waals surface area contributed by atoms with Gasteiger partial charge in [0.15, 0.2) is 15.8 Å². The lowest BCUT2D eigenvalue weighted by molar-refractivity contribution is 0.100. The molecule has 1 aromatic carbocycles. The van der Waals surface area contributed by atoms with Crippen molar-refractivity contribution in [1.82, 2.24) is 4.98 Å². The fraction of sp³-hybridized carbons (Fsp3) is 0.0714. The second-order valence-corrected chi connectivity index (χ2v) is 7.05. The van der Waals surface area contributed by atoms with E-state index in [0.29, 0.717) is 0 Å². The molecule has 0 aliphatic rings. The van der Waals surface area contributed by atoms with Crippen LogP contribution in [0.5, 0.6) is 11.6 Å². The number of sulfone groups is 1. The van der Waals surface area contributed by atoms with E-state index in [1.54, 1.807) is 18.2 Å². The molecule has 0 bridgehead atoms. The number of pyridine rings is 1. The molecule has 0 aliphatic carbocycles. The Morgan fingerprint density at radius 2 is 1.96 bits per heavy atom. The first-order valence-corrected chi connectivity index (χ1v) is 8.72. The zero-order chi connectivity index (χ0) is 17.9. The minimum atomic E-state index is -3.73. The molecule has 8 nitrogen and oxygen atoms in total. The highest BCUT2D eigenvalue weighted by molar-refractivity contribution is 7.90. The van der Waals surface area contributed by atoms with Gasteiger partial charge in [-0.05, 0) is 12.1 Å². The van der Waals surface area contributed by atoms with Gasteiger partial charge in [0.25, 0.3) is 5.91 Å². The Labute approximate surface area is 155 Å². The van der Waals surface area contributed by atoms with Crippen LogP contribution in [0.15, 0.2) is 46.4 Å². The molecule has 11 heteroatoms. The van der Waals surface area contributed by atoms with Crippen LogP contribution in [0.1, 0.15) is 10.4 Å². The van der Waals surface area contributed by atoms with Gasteiger partial charge in [0.1, 0.15) is 10.6 Å². The normalized spacial score (nSPS) is 10.5. The summed E-state index contributed by atoms with van der Waals surface area (Å²) in [6.07, 6.45) is 2.45. The van der Waals surface area contributed by atoms with Crippen LogP contribution in [0.25, 0.3) is 0 Å². The number of hydrogen-bond donors (Lipinski definition) is 2. The van der Waals surface area contributed by atoms with Gasteiger partial charge in [0.2, 0.25) is 5.88 Å². The SMILES string of the molecule is CS(=O)(=O)c1cc(C(=O)N=C(N)N)c(Cl)cc1Oc1ccccn1.Cl. The van der Waals surface area contributed by atoms with Crippen LogP contribution in [0, 0.1) is 0 Å². The Balaban J connectivity index is 0.00000312. The number of carbonyl (C=O) groups excluding carboxylic acids is 1. The predicted molar refractivity (Wildman–Crippen MR) is 96.3 cm³/mol. The third-order valence-electron chi connectivity index (χ3n) is 2.75. The first kappa shape index (κ1) is 20.7. The number of hydrogen-bond acceptors (Lipinski definition) is 5. The van der Waals surface area contributed by atoms with E-state index in [1.165, 1.54) is 12.3 Å². The maximum atomic E-state index is 12.0. The van der Waals surface area contributed by atoms with Gasteiger partial charge in [-0.25, -0.2) is 13.4 Å². The monoisotopic (exact) mass is 404 g/mol. The summed E-state index contributed by atoms with van der Waals surface area (Å²) in [6.45, 7) is 0. The Morgan fingerprint density at radius 3 is 2.48 bits per heavy atom. The summed E-state index contributed by atoms with van der Waals surface area (Å²) >= 11 is 6.03. The number of nitrogens with two attached hydrogens (primary N) is 2. The molecule has 0 radical (unpaired) electrons. The van der Waals surface area contributed by atoms with Crippen molar-refractivity contribution in [3.05, 3.63) is 47.1 Å². The Kier molecular flexibility index (Phi) is 6.74. The smallest absolute Gasteiger partial charge is 0.281 e. The lowest BCUT2D eigenvalue weighted by Gasteiger charge is -2.11. The third-order valence-corrected chi connectivity index (χ3v) is 4.18. The van der Waals surface area contributed by atoms with Crippen LogP contribution in [0.4, 0.5) is 0 Å². The van der Waals surface area contributed by atoms with Crippen LogP contribution >= 0.6 is 24.0 Å². The van der Waals surface area contributed by atoms with E-state index < -0.39 is 21.7 Å². The van der Waals surface area contributed by atoms with Gasteiger partial charge < -0.3 is 16.2 Å². The molecule has 1 heterocycles. The van der Waals surface area contributed by atoms with Crippen LogP contribution in [-0.2, 0) is 9.84 Å². The summed E-state index contributed by atoms with van der Waals surface area (Å²) in [5.74, 6) is -1.23. The third kappa shape index (κ3) is 5.31. The highest BCUT2D eigenvalue weighted by atomic mass is 35.5. The van der Waals surface area contributed by atoms with E-state index in [4.69, 9.17) is 27.8 Å². The maximum absolute atomic E-state index is 12.0. The molecule has 1 aromatic heterocycles. The summed E-state index contributed by atoms with van der Waals surface area (Å²) in [4.78, 5) is 19.0. The Hall–Kier alpha value is -2.36. The van der Waals surface area contributed by atoms with Gasteiger partial charge in [-0.3, -0.25) is 4.79 Å². The largest absolute Gasteiger partial charge is 0.438 e. The fourth-order valence-electron chi connectivity index (χ4n) is 1.77. The number of halogens is 2. The quantitative estimate of drug-likeness (QED) is 0.584. The van der Waals surface area contributed by atoms with Gasteiger partial charge in [-0.2, -0.15) is 4.99 Å². The topological polar surface area (TPSA) is 138 Å². The Morgan fingerprint density at radius 1 is 1.28 bits per heavy atom. The van der Waals surface area contributed by atoms with Crippen molar-refractivity contribution in [3.63, 3.8) is 0 Å². The van der Waals surface area contributed by atoms with E-state index >= 15 is 0 Å². The number of guanidine groups is 1. The highest BCUT2D eigenvalue weighted by Gasteiger charge is 2.22. The molecule has 2 aromatic rings. The number of aliphatic imine (C=N–C) groups is 1. The zero-order valence-corrected chi connectivity index (χ0v) is 15.2. The van der Waals surface area contributed by atoms with Gasteiger partial charge in [-0.1, -0.05) is 17.7 Å². The molecule has 0 saturated heterocycles. The molecule has 0 fully saturated rings. The number of amides is 1. The molecule has 0 saturated carbocycles. The number of carbonyl (C=O) groups is 1. The van der Waals surface area contributed by atoms with E-state index in [2.05, 4.69) is 9.98 Å². The summed E-state index contributed by atoms with van der Waals surface area (Å²) in [5, 5.41) is -0.0664. The van der Waals surface area contributed by atoms with E-state index in [9.17, 15) is 13.2 Å². The summed E-state index contributed by atoms with van der Waals surface area (Å²) in [5.41, 5.74) is 10.1. The molecule has 0 atom stereocenters. The van der Waals surface area contributed by atoms with Crippen molar-refractivity contribution < 1.29 is 17.9 Å². The number of aromatic nitrogens is 1. The number of nitrogens with zero attached hydrogens (tertiary/aromatic N) is 2. The first-order valence-electron chi connectivity index (χ1n) is 6.45. The van der Waals surface area contributed by atoms with Crippen molar-refractivity contribution in [2.24, 2.45) is 16.5 Å². The molecule has 0 unspecified atom stereocenters. The molecular weight excluding hydrogens is 391 g/mol. The Bertz CT molecular complexity index is 914. The number of rotatable bonds is 4. The lowest BCUT2D eigenvalue weighted by atomic mass is 10.2. The first-order chi connectivity index (χ1) is 11.2.